The third kappa shape index (κ3) is 5.39. The van der Waals surface area contributed by atoms with Gasteiger partial charge in [0.2, 0.25) is 0 Å². The molecule has 126 valence electrons. The van der Waals surface area contributed by atoms with Crippen LogP contribution in [0.1, 0.15) is 15.9 Å². The molecule has 2 aromatic carbocycles. The highest BCUT2D eigenvalue weighted by molar-refractivity contribution is 9.10. The number of nitrogens with zero attached hydrogens (tertiary/aromatic N) is 2. The van der Waals surface area contributed by atoms with Crippen molar-refractivity contribution in [2.24, 2.45) is 0 Å². The minimum absolute atomic E-state index is 0.152. The monoisotopic (exact) mass is 460 g/mol. The van der Waals surface area contributed by atoms with Gasteiger partial charge in [0.1, 0.15) is 5.56 Å². The number of hydrogen-bond donors (Lipinski definition) is 1. The number of carboxylic acid groups (broad SMARTS) is 1. The van der Waals surface area contributed by atoms with Crippen molar-refractivity contribution in [2.75, 3.05) is 0 Å². The first kappa shape index (κ1) is 19.7. The number of benzene rings is 2. The Hall–Kier alpha value is -2.33. The second-order valence-electron chi connectivity index (χ2n) is 4.41. The molecule has 0 saturated heterocycles. The molecule has 2 rings (SSSR count). The molecule has 0 bridgehead atoms. The van der Waals surface area contributed by atoms with Crippen LogP contribution in [0.3, 0.4) is 0 Å². The molecular weight excluding hydrogens is 452 g/mol. The summed E-state index contributed by atoms with van der Waals surface area (Å²) in [6.07, 6.45) is 0. The summed E-state index contributed by atoms with van der Waals surface area (Å²) in [6.45, 7) is 1.71. The highest BCUT2D eigenvalue weighted by Gasteiger charge is 2.19. The predicted molar refractivity (Wildman–Crippen MR) is 93.3 cm³/mol. The maximum absolute atomic E-state index is 10.5. The number of carboxylic acids is 1. The molecule has 2 aromatic rings. The minimum Gasteiger partial charge on any atom is -0.477 e. The molecule has 1 N–H and O–H groups in total. The van der Waals surface area contributed by atoms with Crippen LogP contribution < -0.4 is 0 Å². The Morgan fingerprint density at radius 1 is 0.958 bits per heavy atom. The molecule has 0 aromatic heterocycles. The second kappa shape index (κ2) is 8.50. The van der Waals surface area contributed by atoms with Crippen LogP contribution in [0.5, 0.6) is 0 Å². The molecule has 8 nitrogen and oxygen atoms in total. The zero-order valence-electron chi connectivity index (χ0n) is 12.1. The standard InChI is InChI=1S/C7H4BrNO4.C7H6BrNO2/c8-4-1-2-5(7(10)11)6(3-4)9(12)13;1-5-2-3-6(8)4-7(5)9(10)11/h1-3H,(H,10,11);2-4H,1H3. The van der Waals surface area contributed by atoms with E-state index in [0.29, 0.717) is 10.0 Å². The zero-order chi connectivity index (χ0) is 18.4. The van der Waals surface area contributed by atoms with Gasteiger partial charge >= 0.3 is 5.97 Å². The Labute approximate surface area is 152 Å². The van der Waals surface area contributed by atoms with Crippen molar-refractivity contribution in [1.29, 1.82) is 0 Å². The zero-order valence-corrected chi connectivity index (χ0v) is 15.3. The summed E-state index contributed by atoms with van der Waals surface area (Å²) in [5.41, 5.74) is 0.104. The van der Waals surface area contributed by atoms with Gasteiger partial charge in [0.15, 0.2) is 0 Å². The molecule has 0 saturated carbocycles. The van der Waals surface area contributed by atoms with E-state index < -0.39 is 16.6 Å². The number of rotatable bonds is 3. The summed E-state index contributed by atoms with van der Waals surface area (Å²) in [6, 6.07) is 8.77. The molecule has 0 atom stereocenters. The molecule has 0 spiro atoms. The Bertz CT molecular complexity index is 810. The number of aromatic carboxylic acids is 1. The largest absolute Gasteiger partial charge is 0.477 e. The second-order valence-corrected chi connectivity index (χ2v) is 6.24. The molecular formula is C14H10Br2N2O6. The molecule has 0 aliphatic heterocycles. The van der Waals surface area contributed by atoms with Crippen LogP contribution in [-0.4, -0.2) is 20.9 Å². The van der Waals surface area contributed by atoms with Gasteiger partial charge in [-0.15, -0.1) is 0 Å². The number of aryl methyl sites for hydroxylation is 1. The van der Waals surface area contributed by atoms with E-state index in [0.717, 1.165) is 10.5 Å². The van der Waals surface area contributed by atoms with Crippen molar-refractivity contribution in [2.45, 2.75) is 6.92 Å². The lowest BCUT2D eigenvalue weighted by atomic mass is 10.2. The molecule has 0 fully saturated rings. The highest BCUT2D eigenvalue weighted by atomic mass is 79.9. The summed E-state index contributed by atoms with van der Waals surface area (Å²) >= 11 is 6.18. The number of halogens is 2. The fourth-order valence-electron chi connectivity index (χ4n) is 1.62. The number of nitro groups is 2. The lowest BCUT2D eigenvalue weighted by Gasteiger charge is -1.97. The van der Waals surface area contributed by atoms with Crippen LogP contribution >= 0.6 is 31.9 Å². The Balaban J connectivity index is 0.000000243. The van der Waals surface area contributed by atoms with E-state index in [-0.39, 0.29) is 16.2 Å². The smallest absolute Gasteiger partial charge is 0.342 e. The van der Waals surface area contributed by atoms with E-state index >= 15 is 0 Å². The molecule has 24 heavy (non-hydrogen) atoms. The number of carbonyl (C=O) groups is 1. The van der Waals surface area contributed by atoms with Gasteiger partial charge in [-0.1, -0.05) is 37.9 Å². The van der Waals surface area contributed by atoms with E-state index in [2.05, 4.69) is 31.9 Å². The molecule has 0 radical (unpaired) electrons. The molecule has 0 heterocycles. The molecule has 0 aliphatic carbocycles. The maximum Gasteiger partial charge on any atom is 0.342 e. The van der Waals surface area contributed by atoms with E-state index in [4.69, 9.17) is 5.11 Å². The molecule has 10 heteroatoms. The fourth-order valence-corrected chi connectivity index (χ4v) is 2.31. The van der Waals surface area contributed by atoms with Gasteiger partial charge < -0.3 is 5.11 Å². The molecule has 0 aliphatic rings. The van der Waals surface area contributed by atoms with Gasteiger partial charge in [-0.25, -0.2) is 4.79 Å². The van der Waals surface area contributed by atoms with Crippen LogP contribution in [0.2, 0.25) is 0 Å². The summed E-state index contributed by atoms with van der Waals surface area (Å²) in [5, 5.41) is 29.3. The summed E-state index contributed by atoms with van der Waals surface area (Å²) in [4.78, 5) is 30.2. The van der Waals surface area contributed by atoms with Crippen LogP contribution in [0.15, 0.2) is 45.3 Å². The fraction of sp³-hybridized carbons (Fsp3) is 0.0714. The lowest BCUT2D eigenvalue weighted by molar-refractivity contribution is -0.385. The van der Waals surface area contributed by atoms with Crippen molar-refractivity contribution in [1.82, 2.24) is 0 Å². The average Bonchev–Trinajstić information content (AvgIpc) is 2.49. The first-order valence-electron chi connectivity index (χ1n) is 6.21. The van der Waals surface area contributed by atoms with Gasteiger partial charge in [0.25, 0.3) is 11.4 Å². The quantitative estimate of drug-likeness (QED) is 0.520. The van der Waals surface area contributed by atoms with E-state index in [1.54, 1.807) is 19.1 Å². The van der Waals surface area contributed by atoms with Crippen LogP contribution in [0.4, 0.5) is 11.4 Å². The van der Waals surface area contributed by atoms with Gasteiger partial charge in [-0.2, -0.15) is 0 Å². The average molecular weight is 462 g/mol. The Morgan fingerprint density at radius 3 is 1.83 bits per heavy atom. The maximum atomic E-state index is 10.5. The minimum atomic E-state index is -1.31. The third-order valence-electron chi connectivity index (χ3n) is 2.75. The van der Waals surface area contributed by atoms with Gasteiger partial charge in [0, 0.05) is 26.6 Å². The SMILES string of the molecule is Cc1ccc(Br)cc1[N+](=O)[O-].O=C(O)c1ccc(Br)cc1[N+](=O)[O-]. The molecule has 0 unspecified atom stereocenters. The normalized spacial score (nSPS) is 9.62. The topological polar surface area (TPSA) is 124 Å². The van der Waals surface area contributed by atoms with Crippen LogP contribution in [0, 0.1) is 27.2 Å². The number of hydrogen-bond acceptors (Lipinski definition) is 5. The van der Waals surface area contributed by atoms with E-state index in [1.807, 2.05) is 0 Å². The Morgan fingerprint density at radius 2 is 1.42 bits per heavy atom. The summed E-state index contributed by atoms with van der Waals surface area (Å²) in [7, 11) is 0. The van der Waals surface area contributed by atoms with E-state index in [1.165, 1.54) is 18.2 Å². The van der Waals surface area contributed by atoms with Crippen molar-refractivity contribution < 1.29 is 19.7 Å². The van der Waals surface area contributed by atoms with Crippen molar-refractivity contribution in [3.05, 3.63) is 76.7 Å². The van der Waals surface area contributed by atoms with Crippen LogP contribution in [-0.2, 0) is 0 Å². The van der Waals surface area contributed by atoms with Gasteiger partial charge in [-0.3, -0.25) is 20.2 Å². The highest BCUT2D eigenvalue weighted by Crippen LogP contribution is 2.23. The van der Waals surface area contributed by atoms with Gasteiger partial charge in [-0.05, 0) is 25.1 Å². The van der Waals surface area contributed by atoms with Crippen LogP contribution in [0.25, 0.3) is 0 Å². The first-order valence-corrected chi connectivity index (χ1v) is 7.80. The van der Waals surface area contributed by atoms with Crippen molar-refractivity contribution >= 4 is 49.2 Å². The van der Waals surface area contributed by atoms with Crippen molar-refractivity contribution in [3.63, 3.8) is 0 Å². The Kier molecular flexibility index (Phi) is 6.98. The lowest BCUT2D eigenvalue weighted by Crippen LogP contribution is -2.02. The molecule has 0 amide bonds. The third-order valence-corrected chi connectivity index (χ3v) is 3.74. The summed E-state index contributed by atoms with van der Waals surface area (Å²) < 4.78 is 1.21. The van der Waals surface area contributed by atoms with Gasteiger partial charge in [0.05, 0.1) is 9.85 Å². The summed E-state index contributed by atoms with van der Waals surface area (Å²) in [5.74, 6) is -1.31. The van der Waals surface area contributed by atoms with E-state index in [9.17, 15) is 25.0 Å². The van der Waals surface area contributed by atoms with Crippen molar-refractivity contribution in [3.8, 4) is 0 Å². The number of nitro benzene ring substituents is 2. The predicted octanol–water partition coefficient (Wildman–Crippen LogP) is 4.72. The first-order chi connectivity index (χ1) is 11.1.